The molecule has 0 aliphatic heterocycles. The molecular weight excluding hydrogens is 200 g/mol. The highest BCUT2D eigenvalue weighted by molar-refractivity contribution is 5.74. The number of rotatable bonds is 7. The van der Waals surface area contributed by atoms with Gasteiger partial charge in [0.05, 0.1) is 6.61 Å². The molecule has 2 amide bonds. The normalized spacial score (nSPS) is 10.9. The molecule has 6 heteroatoms. The fourth-order valence-corrected chi connectivity index (χ4v) is 0.626. The summed E-state index contributed by atoms with van der Waals surface area (Å²) in [7, 11) is 0. The molecule has 0 radical (unpaired) electrons. The van der Waals surface area contributed by atoms with Gasteiger partial charge in [-0.05, 0) is 6.08 Å². The molecule has 0 fully saturated rings. The second kappa shape index (κ2) is 8.76. The van der Waals surface area contributed by atoms with Gasteiger partial charge in [-0.3, -0.25) is 4.79 Å². The molecule has 0 unspecified atom stereocenters. The maximum absolute atomic E-state index is 10.2. The van der Waals surface area contributed by atoms with Gasteiger partial charge >= 0.3 is 6.09 Å². The van der Waals surface area contributed by atoms with E-state index in [1.54, 1.807) is 24.3 Å². The van der Waals surface area contributed by atoms with Gasteiger partial charge in [0.1, 0.15) is 13.2 Å². The lowest BCUT2D eigenvalue weighted by molar-refractivity contribution is -0.122. The van der Waals surface area contributed by atoms with Crippen LogP contribution in [0.2, 0.25) is 0 Å². The molecule has 0 bridgehead atoms. The Morgan fingerprint density at radius 2 is 1.67 bits per heavy atom. The Hall–Kier alpha value is -1.82. The maximum Gasteiger partial charge on any atom is 0.404 e. The molecule has 0 aromatic rings. The van der Waals surface area contributed by atoms with E-state index >= 15 is 0 Å². The summed E-state index contributed by atoms with van der Waals surface area (Å²) < 4.78 is 9.27. The molecule has 4 N–H and O–H groups in total. The van der Waals surface area contributed by atoms with Gasteiger partial charge in [0, 0.05) is 0 Å². The summed E-state index contributed by atoms with van der Waals surface area (Å²) >= 11 is 0. The summed E-state index contributed by atoms with van der Waals surface area (Å²) in [6, 6.07) is 0. The van der Waals surface area contributed by atoms with Crippen molar-refractivity contribution in [3.05, 3.63) is 24.3 Å². The van der Waals surface area contributed by atoms with Crippen molar-refractivity contribution in [3.8, 4) is 0 Å². The van der Waals surface area contributed by atoms with Gasteiger partial charge in [0.2, 0.25) is 5.91 Å². The Morgan fingerprint density at radius 3 is 2.20 bits per heavy atom. The number of amides is 2. The molecule has 0 saturated carbocycles. The van der Waals surface area contributed by atoms with Crippen LogP contribution < -0.4 is 11.5 Å². The van der Waals surface area contributed by atoms with Gasteiger partial charge < -0.3 is 20.9 Å². The topological polar surface area (TPSA) is 105 Å². The van der Waals surface area contributed by atoms with Crippen LogP contribution in [-0.4, -0.2) is 31.8 Å². The van der Waals surface area contributed by atoms with Gasteiger partial charge in [-0.1, -0.05) is 18.2 Å². The molecule has 15 heavy (non-hydrogen) atoms. The van der Waals surface area contributed by atoms with Crippen LogP contribution in [0.4, 0.5) is 4.79 Å². The molecule has 0 saturated heterocycles. The van der Waals surface area contributed by atoms with E-state index in [4.69, 9.17) is 16.2 Å². The SMILES string of the molecule is NC(=O)COC/C=C/C=C/COC(N)=O. The Bertz CT molecular complexity index is 261. The third-order valence-electron chi connectivity index (χ3n) is 1.16. The molecule has 6 nitrogen and oxygen atoms in total. The van der Waals surface area contributed by atoms with Gasteiger partial charge in [0.15, 0.2) is 0 Å². The minimum Gasteiger partial charge on any atom is -0.445 e. The fraction of sp³-hybridized carbons (Fsp3) is 0.333. The van der Waals surface area contributed by atoms with E-state index in [1.165, 1.54) is 0 Å². The van der Waals surface area contributed by atoms with E-state index in [-0.39, 0.29) is 13.2 Å². The molecule has 0 atom stereocenters. The number of allylic oxidation sites excluding steroid dienone is 2. The number of carbonyl (C=O) groups excluding carboxylic acids is 2. The van der Waals surface area contributed by atoms with E-state index in [0.717, 1.165) is 0 Å². The lowest BCUT2D eigenvalue weighted by atomic mass is 10.4. The molecule has 0 rings (SSSR count). The summed E-state index contributed by atoms with van der Waals surface area (Å²) in [5, 5.41) is 0. The summed E-state index contributed by atoms with van der Waals surface area (Å²) in [6.07, 6.45) is 5.83. The number of nitrogens with two attached hydrogens (primary N) is 2. The van der Waals surface area contributed by atoms with Gasteiger partial charge in [-0.2, -0.15) is 0 Å². The summed E-state index contributed by atoms with van der Waals surface area (Å²) in [4.78, 5) is 20.4. The number of hydrogen-bond donors (Lipinski definition) is 2. The molecule has 0 aliphatic carbocycles. The maximum atomic E-state index is 10.2. The van der Waals surface area contributed by atoms with E-state index in [9.17, 15) is 9.59 Å². The summed E-state index contributed by atoms with van der Waals surface area (Å²) in [6.45, 7) is 0.324. The first-order valence-corrected chi connectivity index (χ1v) is 4.23. The predicted molar refractivity (Wildman–Crippen MR) is 53.8 cm³/mol. The van der Waals surface area contributed by atoms with Crippen molar-refractivity contribution in [1.29, 1.82) is 0 Å². The van der Waals surface area contributed by atoms with Crippen molar-refractivity contribution in [1.82, 2.24) is 0 Å². The highest BCUT2D eigenvalue weighted by Gasteiger charge is 1.89. The number of carbonyl (C=O) groups is 2. The zero-order chi connectivity index (χ0) is 11.5. The van der Waals surface area contributed by atoms with Crippen molar-refractivity contribution < 1.29 is 19.1 Å². The monoisotopic (exact) mass is 214 g/mol. The van der Waals surface area contributed by atoms with Gasteiger partial charge in [-0.25, -0.2) is 4.79 Å². The second-order valence-corrected chi connectivity index (χ2v) is 2.47. The molecule has 0 aromatic heterocycles. The van der Waals surface area contributed by atoms with Crippen LogP contribution in [0.15, 0.2) is 24.3 Å². The van der Waals surface area contributed by atoms with Crippen LogP contribution in [0, 0.1) is 0 Å². The first kappa shape index (κ1) is 13.2. The third kappa shape index (κ3) is 12.2. The predicted octanol–water partition coefficient (Wildman–Crippen LogP) is -0.304. The molecular formula is C9H14N2O4. The Labute approximate surface area is 87.5 Å². The van der Waals surface area contributed by atoms with E-state index in [2.05, 4.69) is 4.74 Å². The second-order valence-electron chi connectivity index (χ2n) is 2.47. The van der Waals surface area contributed by atoms with Crippen molar-refractivity contribution in [3.63, 3.8) is 0 Å². The Kier molecular flexibility index (Phi) is 7.70. The highest BCUT2D eigenvalue weighted by Crippen LogP contribution is 1.82. The average molecular weight is 214 g/mol. The number of primary amides is 2. The summed E-state index contributed by atoms with van der Waals surface area (Å²) in [5.41, 5.74) is 9.56. The molecule has 0 aliphatic rings. The minimum absolute atomic E-state index is 0.0984. The van der Waals surface area contributed by atoms with Crippen molar-refractivity contribution >= 4 is 12.0 Å². The van der Waals surface area contributed by atoms with Crippen LogP contribution in [0.5, 0.6) is 0 Å². The smallest absolute Gasteiger partial charge is 0.404 e. The zero-order valence-corrected chi connectivity index (χ0v) is 8.22. The van der Waals surface area contributed by atoms with E-state index in [1.807, 2.05) is 0 Å². The Balaban J connectivity index is 3.37. The molecule has 84 valence electrons. The largest absolute Gasteiger partial charge is 0.445 e. The lowest BCUT2D eigenvalue weighted by Crippen LogP contribution is -2.17. The summed E-state index contributed by atoms with van der Waals surface area (Å²) in [5.74, 6) is -0.506. The fourth-order valence-electron chi connectivity index (χ4n) is 0.626. The molecule has 0 spiro atoms. The third-order valence-corrected chi connectivity index (χ3v) is 1.16. The van der Waals surface area contributed by atoms with Crippen LogP contribution in [0.1, 0.15) is 0 Å². The number of ether oxygens (including phenoxy) is 2. The van der Waals surface area contributed by atoms with Crippen LogP contribution in [0.25, 0.3) is 0 Å². The van der Waals surface area contributed by atoms with E-state index < -0.39 is 12.0 Å². The highest BCUT2D eigenvalue weighted by atomic mass is 16.5. The first-order chi connectivity index (χ1) is 7.13. The molecule has 0 heterocycles. The van der Waals surface area contributed by atoms with Crippen LogP contribution >= 0.6 is 0 Å². The van der Waals surface area contributed by atoms with Crippen molar-refractivity contribution in [2.24, 2.45) is 11.5 Å². The van der Waals surface area contributed by atoms with Crippen molar-refractivity contribution in [2.45, 2.75) is 0 Å². The number of hydrogen-bond acceptors (Lipinski definition) is 4. The zero-order valence-electron chi connectivity index (χ0n) is 8.22. The van der Waals surface area contributed by atoms with Gasteiger partial charge in [0.25, 0.3) is 0 Å². The quantitative estimate of drug-likeness (QED) is 0.448. The average Bonchev–Trinajstić information content (AvgIpc) is 2.14. The standard InChI is InChI=1S/C9H14N2O4/c10-8(12)7-14-5-3-1-2-4-6-15-9(11)13/h1-4H,5-7H2,(H2,10,12)(H2,11,13)/b3-1+,4-2+. The van der Waals surface area contributed by atoms with Crippen LogP contribution in [0.3, 0.4) is 0 Å². The Morgan fingerprint density at radius 1 is 1.07 bits per heavy atom. The first-order valence-electron chi connectivity index (χ1n) is 4.23. The van der Waals surface area contributed by atoms with Crippen LogP contribution in [-0.2, 0) is 14.3 Å². The molecule has 0 aromatic carbocycles. The lowest BCUT2D eigenvalue weighted by Gasteiger charge is -1.94. The van der Waals surface area contributed by atoms with Crippen molar-refractivity contribution in [2.75, 3.05) is 19.8 Å². The minimum atomic E-state index is -0.812. The van der Waals surface area contributed by atoms with E-state index in [0.29, 0.717) is 6.61 Å². The van der Waals surface area contributed by atoms with Gasteiger partial charge in [-0.15, -0.1) is 0 Å².